The molecule has 2 aromatic carbocycles. The van der Waals surface area contributed by atoms with Gasteiger partial charge in [0.05, 0.1) is 16.7 Å². The molecule has 0 aliphatic carbocycles. The Hall–Kier alpha value is -2.47. The first-order chi connectivity index (χ1) is 11.6. The van der Waals surface area contributed by atoms with Gasteiger partial charge in [-0.2, -0.15) is 0 Å². The van der Waals surface area contributed by atoms with Gasteiger partial charge in [-0.25, -0.2) is 9.97 Å². The first-order valence-electron chi connectivity index (χ1n) is 7.64. The lowest BCUT2D eigenvalue weighted by Gasteiger charge is -2.10. The second kappa shape index (κ2) is 7.40. The number of hydrogen-bond acceptors (Lipinski definition) is 4. The summed E-state index contributed by atoms with van der Waals surface area (Å²) in [6, 6.07) is 15.2. The van der Waals surface area contributed by atoms with Gasteiger partial charge in [0, 0.05) is 23.1 Å². The fraction of sp³-hybridized carbons (Fsp3) is 0.167. The van der Waals surface area contributed by atoms with E-state index < -0.39 is 0 Å². The van der Waals surface area contributed by atoms with Crippen LogP contribution < -0.4 is 10.6 Å². The molecule has 2 N–H and O–H groups in total. The van der Waals surface area contributed by atoms with Gasteiger partial charge in [0.1, 0.15) is 5.82 Å². The summed E-state index contributed by atoms with van der Waals surface area (Å²) in [6.45, 7) is 2.40. The number of anilines is 2. The quantitative estimate of drug-likeness (QED) is 0.693. The number of aryl methyl sites for hydroxylation is 1. The summed E-state index contributed by atoms with van der Waals surface area (Å²) < 4.78 is 0.979. The molecule has 5 nitrogen and oxygen atoms in total. The molecule has 0 aliphatic rings. The minimum atomic E-state index is -0.0452. The number of carbonyl (C=O) groups is 1. The Balaban J connectivity index is 1.57. The fourth-order valence-corrected chi connectivity index (χ4v) is 2.57. The molecule has 3 rings (SSSR count). The van der Waals surface area contributed by atoms with E-state index in [9.17, 15) is 4.79 Å². The van der Waals surface area contributed by atoms with E-state index in [1.54, 1.807) is 0 Å². The Kier molecular flexibility index (Phi) is 5.05. The number of amides is 1. The largest absolute Gasteiger partial charge is 0.368 e. The van der Waals surface area contributed by atoms with Crippen molar-refractivity contribution in [2.45, 2.75) is 13.3 Å². The van der Waals surface area contributed by atoms with Gasteiger partial charge in [-0.15, -0.1) is 0 Å². The number of rotatable bonds is 5. The van der Waals surface area contributed by atoms with Crippen LogP contribution in [0.1, 0.15) is 12.1 Å². The third kappa shape index (κ3) is 4.08. The highest BCUT2D eigenvalue weighted by atomic mass is 79.9. The van der Waals surface area contributed by atoms with E-state index in [0.29, 0.717) is 18.8 Å². The van der Waals surface area contributed by atoms with Crippen molar-refractivity contribution >= 4 is 44.4 Å². The molecule has 0 spiro atoms. The van der Waals surface area contributed by atoms with E-state index in [-0.39, 0.29) is 5.91 Å². The smallest absolute Gasteiger partial charge is 0.226 e. The molecule has 0 aliphatic heterocycles. The average Bonchev–Trinajstić information content (AvgIpc) is 2.57. The number of carbonyl (C=O) groups excluding carboxylic acids is 1. The van der Waals surface area contributed by atoms with E-state index in [1.165, 1.54) is 0 Å². The zero-order valence-electron chi connectivity index (χ0n) is 13.2. The third-order valence-corrected chi connectivity index (χ3v) is 4.05. The summed E-state index contributed by atoms with van der Waals surface area (Å²) in [6.07, 6.45) is 0.351. The maximum atomic E-state index is 12.0. The zero-order valence-corrected chi connectivity index (χ0v) is 14.8. The SMILES string of the molecule is Cc1nc2ccccc2nc1NCCC(=O)Nc1ccc(Br)cc1. The monoisotopic (exact) mass is 384 g/mol. The number of nitrogens with one attached hydrogen (secondary N) is 2. The molecule has 0 saturated heterocycles. The van der Waals surface area contributed by atoms with Crippen LogP contribution in [0.25, 0.3) is 11.0 Å². The summed E-state index contributed by atoms with van der Waals surface area (Å²) in [4.78, 5) is 21.1. The summed E-state index contributed by atoms with van der Waals surface area (Å²) in [5, 5.41) is 6.05. The van der Waals surface area contributed by atoms with Crippen molar-refractivity contribution in [3.63, 3.8) is 0 Å². The van der Waals surface area contributed by atoms with Crippen molar-refractivity contribution in [3.05, 3.63) is 58.7 Å². The predicted molar refractivity (Wildman–Crippen MR) is 100 cm³/mol. The topological polar surface area (TPSA) is 66.9 Å². The molecule has 0 unspecified atom stereocenters. The lowest BCUT2D eigenvalue weighted by atomic mass is 10.3. The van der Waals surface area contributed by atoms with Crippen LogP contribution >= 0.6 is 15.9 Å². The number of fused-ring (bicyclic) bond motifs is 1. The van der Waals surface area contributed by atoms with E-state index in [4.69, 9.17) is 0 Å². The number of aromatic nitrogens is 2. The van der Waals surface area contributed by atoms with Crippen LogP contribution in [0, 0.1) is 6.92 Å². The van der Waals surface area contributed by atoms with Gasteiger partial charge in [0.2, 0.25) is 5.91 Å². The van der Waals surface area contributed by atoms with Gasteiger partial charge in [-0.05, 0) is 43.3 Å². The molecule has 0 fully saturated rings. The van der Waals surface area contributed by atoms with Crippen LogP contribution in [0.2, 0.25) is 0 Å². The molecule has 0 atom stereocenters. The number of nitrogens with zero attached hydrogens (tertiary/aromatic N) is 2. The minimum absolute atomic E-state index is 0.0452. The van der Waals surface area contributed by atoms with E-state index in [1.807, 2.05) is 55.5 Å². The summed E-state index contributed by atoms with van der Waals surface area (Å²) in [5.41, 5.74) is 3.31. The lowest BCUT2D eigenvalue weighted by molar-refractivity contribution is -0.115. The Bertz CT molecular complexity index is 865. The van der Waals surface area contributed by atoms with E-state index >= 15 is 0 Å². The van der Waals surface area contributed by atoms with Crippen molar-refractivity contribution in [2.24, 2.45) is 0 Å². The number of hydrogen-bond donors (Lipinski definition) is 2. The first-order valence-corrected chi connectivity index (χ1v) is 8.44. The molecule has 1 heterocycles. The number of halogens is 1. The Morgan fingerprint density at radius 3 is 2.42 bits per heavy atom. The molecule has 122 valence electrons. The Morgan fingerprint density at radius 2 is 1.71 bits per heavy atom. The number of benzene rings is 2. The van der Waals surface area contributed by atoms with Crippen molar-refractivity contribution < 1.29 is 4.79 Å². The molecular formula is C18H17BrN4O. The van der Waals surface area contributed by atoms with Crippen molar-refractivity contribution in [1.29, 1.82) is 0 Å². The Labute approximate surface area is 148 Å². The van der Waals surface area contributed by atoms with Crippen molar-refractivity contribution in [3.8, 4) is 0 Å². The second-order valence-electron chi connectivity index (χ2n) is 5.38. The maximum Gasteiger partial charge on any atom is 0.226 e. The van der Waals surface area contributed by atoms with E-state index in [0.717, 1.165) is 26.9 Å². The lowest BCUT2D eigenvalue weighted by Crippen LogP contribution is -2.17. The molecule has 1 amide bonds. The highest BCUT2D eigenvalue weighted by Crippen LogP contribution is 2.16. The summed E-state index contributed by atoms with van der Waals surface area (Å²) in [7, 11) is 0. The molecule has 6 heteroatoms. The van der Waals surface area contributed by atoms with Crippen molar-refractivity contribution in [2.75, 3.05) is 17.2 Å². The van der Waals surface area contributed by atoms with E-state index in [2.05, 4.69) is 36.5 Å². The standard InChI is InChI=1S/C18H17BrN4O/c1-12-18(23-16-5-3-2-4-15(16)21-12)20-11-10-17(24)22-14-8-6-13(19)7-9-14/h2-9H,10-11H2,1H3,(H,20,23)(H,22,24). The normalized spacial score (nSPS) is 10.6. The molecular weight excluding hydrogens is 368 g/mol. The Morgan fingerprint density at radius 1 is 1.04 bits per heavy atom. The highest BCUT2D eigenvalue weighted by Gasteiger charge is 2.06. The summed E-state index contributed by atoms with van der Waals surface area (Å²) >= 11 is 3.37. The van der Waals surface area contributed by atoms with Gasteiger partial charge in [-0.1, -0.05) is 28.1 Å². The second-order valence-corrected chi connectivity index (χ2v) is 6.29. The van der Waals surface area contributed by atoms with Crippen LogP contribution in [-0.4, -0.2) is 22.4 Å². The van der Waals surface area contributed by atoms with Crippen LogP contribution in [0.4, 0.5) is 11.5 Å². The van der Waals surface area contributed by atoms with Crippen LogP contribution in [-0.2, 0) is 4.79 Å². The fourth-order valence-electron chi connectivity index (χ4n) is 2.31. The zero-order chi connectivity index (χ0) is 16.9. The number of para-hydroxylation sites is 2. The van der Waals surface area contributed by atoms with Gasteiger partial charge < -0.3 is 10.6 Å². The molecule has 0 bridgehead atoms. The summed E-state index contributed by atoms with van der Waals surface area (Å²) in [5.74, 6) is 0.668. The van der Waals surface area contributed by atoms with Crippen LogP contribution in [0.5, 0.6) is 0 Å². The molecule has 0 saturated carbocycles. The predicted octanol–water partition coefficient (Wildman–Crippen LogP) is 4.14. The van der Waals surface area contributed by atoms with Crippen LogP contribution in [0.15, 0.2) is 53.0 Å². The minimum Gasteiger partial charge on any atom is -0.368 e. The molecule has 24 heavy (non-hydrogen) atoms. The third-order valence-electron chi connectivity index (χ3n) is 3.52. The highest BCUT2D eigenvalue weighted by molar-refractivity contribution is 9.10. The molecule has 3 aromatic rings. The molecule has 0 radical (unpaired) electrons. The maximum absolute atomic E-state index is 12.0. The molecule has 1 aromatic heterocycles. The van der Waals surface area contributed by atoms with Gasteiger partial charge in [0.15, 0.2) is 0 Å². The average molecular weight is 385 g/mol. The van der Waals surface area contributed by atoms with Gasteiger partial charge in [0.25, 0.3) is 0 Å². The van der Waals surface area contributed by atoms with Crippen LogP contribution in [0.3, 0.4) is 0 Å². The van der Waals surface area contributed by atoms with Crippen molar-refractivity contribution in [1.82, 2.24) is 9.97 Å². The van der Waals surface area contributed by atoms with Gasteiger partial charge in [-0.3, -0.25) is 4.79 Å². The van der Waals surface area contributed by atoms with Gasteiger partial charge >= 0.3 is 0 Å². The first kappa shape index (κ1) is 16.4.